The highest BCUT2D eigenvalue weighted by Gasteiger charge is 2.21. The van der Waals surface area contributed by atoms with Crippen LogP contribution in [0.25, 0.3) is 0 Å². The largest absolute Gasteiger partial charge is 0.337 e. The molecule has 5 heteroatoms. The number of nitriles is 1. The first-order valence-electron chi connectivity index (χ1n) is 8.42. The van der Waals surface area contributed by atoms with E-state index in [1.807, 2.05) is 41.3 Å². The number of amides is 1. The second-order valence-electron chi connectivity index (χ2n) is 6.21. The van der Waals surface area contributed by atoms with E-state index < -0.39 is 0 Å². The minimum atomic E-state index is -0.000993. The molecular formula is C20H20ClN3O. The van der Waals surface area contributed by atoms with Crippen molar-refractivity contribution in [1.29, 1.82) is 5.26 Å². The molecule has 0 atom stereocenters. The van der Waals surface area contributed by atoms with Crippen molar-refractivity contribution in [2.24, 2.45) is 0 Å². The van der Waals surface area contributed by atoms with Crippen LogP contribution in [0.2, 0.25) is 5.02 Å². The average molecular weight is 354 g/mol. The van der Waals surface area contributed by atoms with Crippen molar-refractivity contribution in [3.8, 4) is 6.07 Å². The van der Waals surface area contributed by atoms with Crippen LogP contribution in [0.4, 0.5) is 0 Å². The Balaban J connectivity index is 1.63. The van der Waals surface area contributed by atoms with Gasteiger partial charge in [-0.2, -0.15) is 5.26 Å². The Bertz CT molecular complexity index is 800. The summed E-state index contributed by atoms with van der Waals surface area (Å²) in [4.78, 5) is 16.9. The van der Waals surface area contributed by atoms with Crippen LogP contribution < -0.4 is 0 Å². The van der Waals surface area contributed by atoms with Gasteiger partial charge in [0, 0.05) is 32.7 Å². The number of carbonyl (C=O) groups excluding carboxylic acids is 1. The lowest BCUT2D eigenvalue weighted by molar-refractivity contribution is 0.0761. The molecule has 25 heavy (non-hydrogen) atoms. The first-order chi connectivity index (χ1) is 12.2. The summed E-state index contributed by atoms with van der Waals surface area (Å²) < 4.78 is 0. The van der Waals surface area contributed by atoms with Crippen molar-refractivity contribution in [3.63, 3.8) is 0 Å². The lowest BCUT2D eigenvalue weighted by Crippen LogP contribution is -2.35. The zero-order valence-corrected chi connectivity index (χ0v) is 14.7. The molecule has 1 heterocycles. The summed E-state index contributed by atoms with van der Waals surface area (Å²) in [6.45, 7) is 3.96. The van der Waals surface area contributed by atoms with Crippen molar-refractivity contribution >= 4 is 17.5 Å². The third-order valence-electron chi connectivity index (χ3n) is 4.44. The third-order valence-corrected chi connectivity index (χ3v) is 4.77. The maximum absolute atomic E-state index is 12.7. The number of benzene rings is 2. The minimum absolute atomic E-state index is 0.000993. The number of rotatable bonds is 3. The van der Waals surface area contributed by atoms with Crippen molar-refractivity contribution in [2.45, 2.75) is 13.0 Å². The highest BCUT2D eigenvalue weighted by molar-refractivity contribution is 6.33. The molecule has 0 N–H and O–H groups in total. The lowest BCUT2D eigenvalue weighted by atomic mass is 10.1. The molecule has 2 aromatic carbocycles. The van der Waals surface area contributed by atoms with Crippen LogP contribution in [-0.4, -0.2) is 41.9 Å². The van der Waals surface area contributed by atoms with Gasteiger partial charge in [-0.3, -0.25) is 9.69 Å². The van der Waals surface area contributed by atoms with Crippen molar-refractivity contribution in [1.82, 2.24) is 9.80 Å². The van der Waals surface area contributed by atoms with Crippen LogP contribution in [0, 0.1) is 11.3 Å². The zero-order chi connectivity index (χ0) is 17.6. The van der Waals surface area contributed by atoms with E-state index >= 15 is 0 Å². The maximum atomic E-state index is 12.7. The quantitative estimate of drug-likeness (QED) is 0.847. The maximum Gasteiger partial charge on any atom is 0.255 e. The minimum Gasteiger partial charge on any atom is -0.337 e. The lowest BCUT2D eigenvalue weighted by Gasteiger charge is -2.22. The molecule has 0 aromatic heterocycles. The molecule has 0 bridgehead atoms. The Labute approximate surface area is 153 Å². The highest BCUT2D eigenvalue weighted by atomic mass is 35.5. The molecule has 0 radical (unpaired) electrons. The molecular weight excluding hydrogens is 334 g/mol. The summed E-state index contributed by atoms with van der Waals surface area (Å²) in [6, 6.07) is 17.1. The first-order valence-corrected chi connectivity index (χ1v) is 8.80. The fourth-order valence-corrected chi connectivity index (χ4v) is 3.35. The van der Waals surface area contributed by atoms with Crippen molar-refractivity contribution < 1.29 is 4.79 Å². The molecule has 2 aromatic rings. The van der Waals surface area contributed by atoms with Crippen molar-refractivity contribution in [2.75, 3.05) is 26.2 Å². The predicted molar refractivity (Wildman–Crippen MR) is 98.4 cm³/mol. The van der Waals surface area contributed by atoms with Gasteiger partial charge in [-0.15, -0.1) is 0 Å². The second-order valence-corrected chi connectivity index (χ2v) is 6.62. The van der Waals surface area contributed by atoms with E-state index in [0.717, 1.165) is 38.2 Å². The van der Waals surface area contributed by atoms with Crippen LogP contribution in [0.5, 0.6) is 0 Å². The van der Waals surface area contributed by atoms with Gasteiger partial charge >= 0.3 is 0 Å². The Morgan fingerprint density at radius 2 is 1.92 bits per heavy atom. The molecule has 128 valence electrons. The highest BCUT2D eigenvalue weighted by Crippen LogP contribution is 2.18. The smallest absolute Gasteiger partial charge is 0.255 e. The van der Waals surface area contributed by atoms with Crippen LogP contribution in [0.3, 0.4) is 0 Å². The first kappa shape index (κ1) is 17.5. The normalized spacial score (nSPS) is 15.4. The van der Waals surface area contributed by atoms with Gasteiger partial charge in [0.1, 0.15) is 0 Å². The molecule has 0 spiro atoms. The fraction of sp³-hybridized carbons (Fsp3) is 0.300. The summed E-state index contributed by atoms with van der Waals surface area (Å²) in [6.07, 6.45) is 0.925. The molecule has 0 aliphatic carbocycles. The number of hydrogen-bond acceptors (Lipinski definition) is 3. The molecule has 1 amide bonds. The van der Waals surface area contributed by atoms with E-state index in [4.69, 9.17) is 16.9 Å². The average Bonchev–Trinajstić information content (AvgIpc) is 2.87. The molecule has 4 nitrogen and oxygen atoms in total. The SMILES string of the molecule is N#Cc1cccc(CN2CCCN(C(=O)c3ccccc3Cl)CC2)c1. The summed E-state index contributed by atoms with van der Waals surface area (Å²) in [7, 11) is 0. The van der Waals surface area contributed by atoms with E-state index in [1.54, 1.807) is 12.1 Å². The topological polar surface area (TPSA) is 47.3 Å². The van der Waals surface area contributed by atoms with Gasteiger partial charge in [0.15, 0.2) is 0 Å². The standard InChI is InChI=1S/C20H20ClN3O/c21-19-8-2-1-7-18(19)20(25)24-10-4-9-23(11-12-24)15-17-6-3-5-16(13-17)14-22/h1-3,5-8,13H,4,9-12,15H2. The molecule has 1 aliphatic heterocycles. The number of nitrogens with zero attached hydrogens (tertiary/aromatic N) is 3. The van der Waals surface area contributed by atoms with E-state index in [9.17, 15) is 4.79 Å². The predicted octanol–water partition coefficient (Wildman–Crippen LogP) is 3.56. The van der Waals surface area contributed by atoms with Crippen molar-refractivity contribution in [3.05, 3.63) is 70.2 Å². The monoisotopic (exact) mass is 353 g/mol. The Morgan fingerprint density at radius 1 is 1.08 bits per heavy atom. The van der Waals surface area contributed by atoms with E-state index in [1.165, 1.54) is 0 Å². The molecule has 1 aliphatic rings. The number of carbonyl (C=O) groups is 1. The van der Waals surface area contributed by atoms with E-state index in [-0.39, 0.29) is 5.91 Å². The van der Waals surface area contributed by atoms with Gasteiger partial charge in [-0.05, 0) is 36.2 Å². The summed E-state index contributed by atoms with van der Waals surface area (Å²) >= 11 is 6.16. The van der Waals surface area contributed by atoms with Crippen LogP contribution in [-0.2, 0) is 6.54 Å². The Hall–Kier alpha value is -2.35. The Kier molecular flexibility index (Phi) is 5.70. The van der Waals surface area contributed by atoms with E-state index in [0.29, 0.717) is 22.7 Å². The molecule has 3 rings (SSSR count). The summed E-state index contributed by atoms with van der Waals surface area (Å²) in [5.74, 6) is -0.000993. The van der Waals surface area contributed by atoms with Crippen LogP contribution in [0.1, 0.15) is 27.9 Å². The van der Waals surface area contributed by atoms with Gasteiger partial charge < -0.3 is 4.90 Å². The van der Waals surface area contributed by atoms with E-state index in [2.05, 4.69) is 11.0 Å². The molecule has 1 fully saturated rings. The Morgan fingerprint density at radius 3 is 2.72 bits per heavy atom. The van der Waals surface area contributed by atoms with Gasteiger partial charge in [-0.1, -0.05) is 35.9 Å². The second kappa shape index (κ2) is 8.15. The van der Waals surface area contributed by atoms with Gasteiger partial charge in [0.25, 0.3) is 5.91 Å². The summed E-state index contributed by atoms with van der Waals surface area (Å²) in [5.41, 5.74) is 2.38. The third kappa shape index (κ3) is 4.39. The van der Waals surface area contributed by atoms with Crippen LogP contribution >= 0.6 is 11.6 Å². The molecule has 0 saturated carbocycles. The molecule has 1 saturated heterocycles. The van der Waals surface area contributed by atoms with Crippen LogP contribution in [0.15, 0.2) is 48.5 Å². The summed E-state index contributed by atoms with van der Waals surface area (Å²) in [5, 5.41) is 9.52. The zero-order valence-electron chi connectivity index (χ0n) is 14.0. The molecule has 0 unspecified atom stereocenters. The number of halogens is 1. The fourth-order valence-electron chi connectivity index (χ4n) is 3.13. The van der Waals surface area contributed by atoms with Gasteiger partial charge in [-0.25, -0.2) is 0 Å². The van der Waals surface area contributed by atoms with Gasteiger partial charge in [0.2, 0.25) is 0 Å². The number of hydrogen-bond donors (Lipinski definition) is 0. The van der Waals surface area contributed by atoms with Gasteiger partial charge in [0.05, 0.1) is 22.2 Å².